The monoisotopic (exact) mass is 600 g/mol. The molecule has 0 atom stereocenters. The van der Waals surface area contributed by atoms with Crippen LogP contribution in [0.5, 0.6) is 0 Å². The molecule has 0 unspecified atom stereocenters. The molecule has 216 valence electrons. The van der Waals surface area contributed by atoms with E-state index in [0.29, 0.717) is 28.0 Å². The van der Waals surface area contributed by atoms with Crippen molar-refractivity contribution in [2.24, 2.45) is 0 Å². The standard InChI is InChI=1S/C29H31Cl2FN6O3/c30-25-15-21(3-6-27(25)32)17-34-29(39)22-16-26(31)28(33-18-22)37-13-11-36(12-14-37)23-7-9-35(10-8-23)19-20-1-4-24(5-2-20)38(40)41/h1-6,15-16,18,23H,7-14,17,19H2,(H,34,39). The molecule has 0 bridgehead atoms. The van der Waals surface area contributed by atoms with E-state index in [9.17, 15) is 19.3 Å². The van der Waals surface area contributed by atoms with Gasteiger partial charge in [0.25, 0.3) is 11.6 Å². The molecule has 1 amide bonds. The molecule has 9 nitrogen and oxygen atoms in total. The number of non-ortho nitro benzene ring substituents is 1. The van der Waals surface area contributed by atoms with Crippen molar-refractivity contribution in [3.8, 4) is 0 Å². The lowest BCUT2D eigenvalue weighted by atomic mass is 10.0. The number of anilines is 1. The highest BCUT2D eigenvalue weighted by molar-refractivity contribution is 6.33. The van der Waals surface area contributed by atoms with E-state index in [0.717, 1.165) is 64.2 Å². The molecule has 2 aliphatic heterocycles. The fraction of sp³-hybridized carbons (Fsp3) is 0.379. The number of carbonyl (C=O) groups is 1. The van der Waals surface area contributed by atoms with Crippen molar-refractivity contribution in [1.29, 1.82) is 0 Å². The molecule has 2 fully saturated rings. The third kappa shape index (κ3) is 7.32. The fourth-order valence-corrected chi connectivity index (χ4v) is 5.93. The first kappa shape index (κ1) is 29.2. The summed E-state index contributed by atoms with van der Waals surface area (Å²) in [5, 5.41) is 14.1. The second-order valence-corrected chi connectivity index (χ2v) is 11.2. The van der Waals surface area contributed by atoms with Gasteiger partial charge in [-0.1, -0.05) is 41.4 Å². The summed E-state index contributed by atoms with van der Waals surface area (Å²) in [6.07, 6.45) is 3.70. The lowest BCUT2D eigenvalue weighted by molar-refractivity contribution is -0.384. The van der Waals surface area contributed by atoms with E-state index in [-0.39, 0.29) is 28.1 Å². The molecule has 0 saturated carbocycles. The van der Waals surface area contributed by atoms with Crippen molar-refractivity contribution < 1.29 is 14.1 Å². The Morgan fingerprint density at radius 3 is 2.29 bits per heavy atom. The molecular weight excluding hydrogens is 570 g/mol. The number of hydrogen-bond donors (Lipinski definition) is 1. The van der Waals surface area contributed by atoms with E-state index in [1.807, 2.05) is 12.1 Å². The summed E-state index contributed by atoms with van der Waals surface area (Å²) < 4.78 is 13.4. The normalized spacial score (nSPS) is 17.0. The van der Waals surface area contributed by atoms with Crippen LogP contribution in [0.15, 0.2) is 54.7 Å². The number of carbonyl (C=O) groups excluding carboxylic acids is 1. The molecule has 2 aliphatic rings. The predicted octanol–water partition coefficient (Wildman–Crippen LogP) is 5.15. The van der Waals surface area contributed by atoms with Crippen LogP contribution in [0.25, 0.3) is 0 Å². The zero-order valence-corrected chi connectivity index (χ0v) is 24.0. The summed E-state index contributed by atoms with van der Waals surface area (Å²) in [6.45, 7) is 6.41. The number of piperazine rings is 1. The van der Waals surface area contributed by atoms with E-state index in [2.05, 4.69) is 25.0 Å². The minimum Gasteiger partial charge on any atom is -0.353 e. The number of hydrogen-bond acceptors (Lipinski definition) is 7. The summed E-state index contributed by atoms with van der Waals surface area (Å²) in [6, 6.07) is 13.3. The van der Waals surface area contributed by atoms with Crippen LogP contribution in [0.1, 0.15) is 34.3 Å². The van der Waals surface area contributed by atoms with Gasteiger partial charge < -0.3 is 10.2 Å². The number of pyridine rings is 1. The number of nitro benzene ring substituents is 1. The number of aromatic nitrogens is 1. The Hall–Kier alpha value is -3.31. The summed E-state index contributed by atoms with van der Waals surface area (Å²) in [4.78, 5) is 34.7. The van der Waals surface area contributed by atoms with Gasteiger partial charge in [0.05, 0.1) is 20.5 Å². The Morgan fingerprint density at radius 2 is 1.66 bits per heavy atom. The highest BCUT2D eigenvalue weighted by Crippen LogP contribution is 2.27. The van der Waals surface area contributed by atoms with Gasteiger partial charge in [0.2, 0.25) is 0 Å². The number of piperidine rings is 1. The van der Waals surface area contributed by atoms with Crippen LogP contribution < -0.4 is 10.2 Å². The average Bonchev–Trinajstić information content (AvgIpc) is 2.98. The Balaban J connectivity index is 1.07. The smallest absolute Gasteiger partial charge is 0.269 e. The third-order valence-electron chi connectivity index (χ3n) is 7.76. The third-order valence-corrected chi connectivity index (χ3v) is 8.33. The van der Waals surface area contributed by atoms with Crippen LogP contribution in [0, 0.1) is 15.9 Å². The van der Waals surface area contributed by atoms with Crippen molar-refractivity contribution in [3.63, 3.8) is 0 Å². The van der Waals surface area contributed by atoms with Gasteiger partial charge in [-0.2, -0.15) is 0 Å². The number of amides is 1. The summed E-state index contributed by atoms with van der Waals surface area (Å²) in [5.41, 5.74) is 2.25. The van der Waals surface area contributed by atoms with E-state index in [1.165, 1.54) is 18.3 Å². The first-order valence-corrected chi connectivity index (χ1v) is 14.3. The van der Waals surface area contributed by atoms with E-state index in [1.54, 1.807) is 24.3 Å². The maximum Gasteiger partial charge on any atom is 0.269 e. The molecular formula is C29H31Cl2FN6O3. The highest BCUT2D eigenvalue weighted by Gasteiger charge is 2.28. The van der Waals surface area contributed by atoms with Crippen molar-refractivity contribution in [2.75, 3.05) is 44.2 Å². The van der Waals surface area contributed by atoms with Crippen LogP contribution in [0.3, 0.4) is 0 Å². The van der Waals surface area contributed by atoms with Crippen LogP contribution in [-0.4, -0.2) is 70.9 Å². The molecule has 1 N–H and O–H groups in total. The second kappa shape index (κ2) is 13.1. The maximum absolute atomic E-state index is 13.4. The van der Waals surface area contributed by atoms with Crippen molar-refractivity contribution in [2.45, 2.75) is 32.0 Å². The van der Waals surface area contributed by atoms with Crippen LogP contribution in [-0.2, 0) is 13.1 Å². The molecule has 41 heavy (non-hydrogen) atoms. The van der Waals surface area contributed by atoms with Crippen molar-refractivity contribution in [3.05, 3.63) is 97.4 Å². The summed E-state index contributed by atoms with van der Waals surface area (Å²) >= 11 is 12.4. The highest BCUT2D eigenvalue weighted by atomic mass is 35.5. The van der Waals surface area contributed by atoms with Crippen LogP contribution >= 0.6 is 23.2 Å². The van der Waals surface area contributed by atoms with E-state index >= 15 is 0 Å². The molecule has 12 heteroatoms. The minimum atomic E-state index is -0.503. The van der Waals surface area contributed by atoms with Gasteiger partial charge in [0.1, 0.15) is 11.6 Å². The van der Waals surface area contributed by atoms with Crippen LogP contribution in [0.4, 0.5) is 15.9 Å². The number of nitrogens with one attached hydrogen (secondary N) is 1. The minimum absolute atomic E-state index is 0.0102. The Kier molecular flexibility index (Phi) is 9.34. The Bertz CT molecular complexity index is 1390. The molecule has 5 rings (SSSR count). The van der Waals surface area contributed by atoms with Gasteiger partial charge in [-0.25, -0.2) is 9.37 Å². The lowest BCUT2D eigenvalue weighted by Crippen LogP contribution is -2.53. The summed E-state index contributed by atoms with van der Waals surface area (Å²) in [5.74, 6) is -0.154. The van der Waals surface area contributed by atoms with Gasteiger partial charge >= 0.3 is 0 Å². The predicted molar refractivity (Wildman–Crippen MR) is 157 cm³/mol. The van der Waals surface area contributed by atoms with Crippen LogP contribution in [0.2, 0.25) is 10.0 Å². The first-order chi connectivity index (χ1) is 19.8. The first-order valence-electron chi connectivity index (χ1n) is 13.6. The lowest BCUT2D eigenvalue weighted by Gasteiger charge is -2.43. The second-order valence-electron chi connectivity index (χ2n) is 10.4. The van der Waals surface area contributed by atoms with E-state index < -0.39 is 5.82 Å². The molecule has 0 spiro atoms. The van der Waals surface area contributed by atoms with Crippen molar-refractivity contribution in [1.82, 2.24) is 20.1 Å². The van der Waals surface area contributed by atoms with Crippen molar-refractivity contribution >= 4 is 40.6 Å². The quantitative estimate of drug-likeness (QED) is 0.282. The molecule has 3 heterocycles. The Labute approximate surface area is 248 Å². The van der Waals surface area contributed by atoms with Gasteiger partial charge in [-0.15, -0.1) is 0 Å². The molecule has 1 aromatic heterocycles. The number of rotatable bonds is 8. The van der Waals surface area contributed by atoms with Gasteiger partial charge in [0, 0.05) is 63.6 Å². The van der Waals surface area contributed by atoms with Gasteiger partial charge in [-0.3, -0.25) is 24.7 Å². The topological polar surface area (TPSA) is 94.9 Å². The zero-order chi connectivity index (χ0) is 28.9. The summed E-state index contributed by atoms with van der Waals surface area (Å²) in [7, 11) is 0. The maximum atomic E-state index is 13.4. The Morgan fingerprint density at radius 1 is 0.976 bits per heavy atom. The molecule has 0 aliphatic carbocycles. The fourth-order valence-electron chi connectivity index (χ4n) is 5.44. The number of nitrogens with zero attached hydrogens (tertiary/aromatic N) is 5. The van der Waals surface area contributed by atoms with E-state index in [4.69, 9.17) is 23.2 Å². The van der Waals surface area contributed by atoms with Gasteiger partial charge in [-0.05, 0) is 55.3 Å². The molecule has 3 aromatic rings. The molecule has 0 radical (unpaired) electrons. The average molecular weight is 602 g/mol. The van der Waals surface area contributed by atoms with Gasteiger partial charge in [0.15, 0.2) is 0 Å². The number of halogens is 3. The number of nitro groups is 1. The largest absolute Gasteiger partial charge is 0.353 e. The SMILES string of the molecule is O=C(NCc1ccc(F)c(Cl)c1)c1cnc(N2CCN(C3CCN(Cc4ccc([N+](=O)[O-])cc4)CC3)CC2)c(Cl)c1. The zero-order valence-electron chi connectivity index (χ0n) is 22.4. The molecule has 2 saturated heterocycles. The number of benzene rings is 2. The molecule has 2 aromatic carbocycles. The number of likely N-dealkylation sites (tertiary alicyclic amines) is 1.